The first-order valence-corrected chi connectivity index (χ1v) is 5.13. The number of carbonyl (C=O) groups excluding carboxylic acids is 1. The van der Waals surface area contributed by atoms with Crippen molar-refractivity contribution in [2.75, 3.05) is 0 Å². The Morgan fingerprint density at radius 2 is 2.50 bits per heavy atom. The van der Waals surface area contributed by atoms with Crippen molar-refractivity contribution < 1.29 is 9.53 Å². The third-order valence-corrected chi connectivity index (χ3v) is 2.18. The van der Waals surface area contributed by atoms with Crippen LogP contribution in [0.25, 0.3) is 0 Å². The van der Waals surface area contributed by atoms with E-state index in [0.29, 0.717) is 0 Å². The van der Waals surface area contributed by atoms with Crippen LogP contribution in [0.2, 0.25) is 0 Å². The number of halogens is 1. The van der Waals surface area contributed by atoms with E-state index >= 15 is 0 Å². The molecule has 0 saturated carbocycles. The summed E-state index contributed by atoms with van der Waals surface area (Å²) in [6, 6.07) is 0. The number of ether oxygens (including phenoxy) is 1. The largest absolute Gasteiger partial charge is 0.457 e. The van der Waals surface area contributed by atoms with Gasteiger partial charge in [-0.1, -0.05) is 22.0 Å². The summed E-state index contributed by atoms with van der Waals surface area (Å²) in [5.74, 6) is -0.174. The van der Waals surface area contributed by atoms with E-state index in [9.17, 15) is 4.79 Å². The average Bonchev–Trinajstić information content (AvgIpc) is 2.06. The molecule has 2 nitrogen and oxygen atoms in total. The second-order valence-corrected chi connectivity index (χ2v) is 4.32. The Kier molecular flexibility index (Phi) is 3.79. The number of hydrogen-bond acceptors (Lipinski definition) is 2. The summed E-state index contributed by atoms with van der Waals surface area (Å²) < 4.78 is 5.18. The highest BCUT2D eigenvalue weighted by Crippen LogP contribution is 2.15. The average molecular weight is 233 g/mol. The van der Waals surface area contributed by atoms with Crippen LogP contribution in [0.15, 0.2) is 12.2 Å². The Balaban J connectivity index is 2.35. The van der Waals surface area contributed by atoms with Crippen LogP contribution in [-0.4, -0.2) is 16.9 Å². The molecular weight excluding hydrogens is 220 g/mol. The molecule has 12 heavy (non-hydrogen) atoms. The van der Waals surface area contributed by atoms with Crippen molar-refractivity contribution >= 4 is 21.9 Å². The van der Waals surface area contributed by atoms with Gasteiger partial charge in [-0.25, -0.2) is 0 Å². The second kappa shape index (κ2) is 4.65. The van der Waals surface area contributed by atoms with Gasteiger partial charge in [-0.3, -0.25) is 4.79 Å². The molecule has 0 N–H and O–H groups in total. The van der Waals surface area contributed by atoms with E-state index in [1.807, 2.05) is 6.08 Å². The van der Waals surface area contributed by atoms with Crippen molar-refractivity contribution in [3.05, 3.63) is 12.2 Å². The highest BCUT2D eigenvalue weighted by atomic mass is 79.9. The molecule has 0 amide bonds. The quantitative estimate of drug-likeness (QED) is 0.416. The lowest BCUT2D eigenvalue weighted by molar-refractivity contribution is -0.146. The molecule has 0 aliphatic heterocycles. The molecule has 2 unspecified atom stereocenters. The topological polar surface area (TPSA) is 26.3 Å². The zero-order chi connectivity index (χ0) is 8.97. The molecular formula is C9H13BrO2. The highest BCUT2D eigenvalue weighted by Gasteiger charge is 2.16. The molecule has 0 heterocycles. The van der Waals surface area contributed by atoms with Gasteiger partial charge in [0.15, 0.2) is 0 Å². The molecule has 0 saturated heterocycles. The van der Waals surface area contributed by atoms with E-state index in [2.05, 4.69) is 22.0 Å². The van der Waals surface area contributed by atoms with Crippen LogP contribution < -0.4 is 0 Å². The van der Waals surface area contributed by atoms with Gasteiger partial charge in [0.2, 0.25) is 0 Å². The van der Waals surface area contributed by atoms with Gasteiger partial charge in [0, 0.05) is 0 Å². The number of alkyl halides is 1. The summed E-state index contributed by atoms with van der Waals surface area (Å²) in [4.78, 5) is 10.9. The number of rotatable bonds is 2. The van der Waals surface area contributed by atoms with Gasteiger partial charge in [0.05, 0.1) is 0 Å². The first kappa shape index (κ1) is 9.78. The van der Waals surface area contributed by atoms with Crippen molar-refractivity contribution in [2.24, 2.45) is 0 Å². The molecule has 0 aromatic heterocycles. The van der Waals surface area contributed by atoms with Crippen molar-refractivity contribution in [1.82, 2.24) is 0 Å². The van der Waals surface area contributed by atoms with Gasteiger partial charge in [-0.05, 0) is 32.3 Å². The summed E-state index contributed by atoms with van der Waals surface area (Å²) in [7, 11) is 0. The molecule has 2 atom stereocenters. The van der Waals surface area contributed by atoms with Gasteiger partial charge in [-0.2, -0.15) is 0 Å². The highest BCUT2D eigenvalue weighted by molar-refractivity contribution is 9.10. The van der Waals surface area contributed by atoms with E-state index in [0.717, 1.165) is 19.3 Å². The van der Waals surface area contributed by atoms with Crippen molar-refractivity contribution in [3.63, 3.8) is 0 Å². The summed E-state index contributed by atoms with van der Waals surface area (Å²) in [5, 5.41) is 0. The zero-order valence-corrected chi connectivity index (χ0v) is 8.71. The summed E-state index contributed by atoms with van der Waals surface area (Å²) in [6.45, 7) is 1.77. The first-order valence-electron chi connectivity index (χ1n) is 4.21. The minimum absolute atomic E-state index is 0.00579. The fourth-order valence-corrected chi connectivity index (χ4v) is 1.23. The van der Waals surface area contributed by atoms with E-state index in [-0.39, 0.29) is 16.9 Å². The maximum atomic E-state index is 11.1. The molecule has 0 bridgehead atoms. The van der Waals surface area contributed by atoms with Crippen LogP contribution in [0.3, 0.4) is 0 Å². The Bertz CT molecular complexity index is 187. The SMILES string of the molecule is CC(Br)C(=O)OC1C=CCCC1. The first-order chi connectivity index (χ1) is 5.70. The Morgan fingerprint density at radius 3 is 3.00 bits per heavy atom. The van der Waals surface area contributed by atoms with Crippen LogP contribution >= 0.6 is 15.9 Å². The molecule has 0 radical (unpaired) electrons. The summed E-state index contributed by atoms with van der Waals surface area (Å²) in [6.07, 6.45) is 7.23. The maximum Gasteiger partial charge on any atom is 0.320 e. The van der Waals surface area contributed by atoms with Crippen LogP contribution in [0, 0.1) is 0 Å². The van der Waals surface area contributed by atoms with Gasteiger partial charge in [0.1, 0.15) is 10.9 Å². The van der Waals surface area contributed by atoms with E-state index < -0.39 is 0 Å². The lowest BCUT2D eigenvalue weighted by Crippen LogP contribution is -2.22. The minimum Gasteiger partial charge on any atom is -0.457 e. The number of hydrogen-bond donors (Lipinski definition) is 0. The minimum atomic E-state index is -0.201. The van der Waals surface area contributed by atoms with Crippen LogP contribution in [0.5, 0.6) is 0 Å². The van der Waals surface area contributed by atoms with E-state index in [1.54, 1.807) is 6.92 Å². The summed E-state index contributed by atoms with van der Waals surface area (Å²) in [5.41, 5.74) is 0. The molecule has 1 rings (SSSR count). The Morgan fingerprint density at radius 1 is 1.75 bits per heavy atom. The fraction of sp³-hybridized carbons (Fsp3) is 0.667. The smallest absolute Gasteiger partial charge is 0.320 e. The third kappa shape index (κ3) is 2.97. The summed E-state index contributed by atoms with van der Waals surface area (Å²) >= 11 is 3.17. The van der Waals surface area contributed by atoms with Crippen molar-refractivity contribution in [2.45, 2.75) is 37.1 Å². The molecule has 0 fully saturated rings. The van der Waals surface area contributed by atoms with E-state index in [4.69, 9.17) is 4.74 Å². The van der Waals surface area contributed by atoms with Gasteiger partial charge >= 0.3 is 5.97 Å². The fourth-order valence-electron chi connectivity index (χ4n) is 1.12. The van der Waals surface area contributed by atoms with Crippen molar-refractivity contribution in [3.8, 4) is 0 Å². The molecule has 0 aromatic carbocycles. The standard InChI is InChI=1S/C9H13BrO2/c1-7(10)9(11)12-8-5-3-2-4-6-8/h3,5,7-8H,2,4,6H2,1H3. The van der Waals surface area contributed by atoms with Crippen molar-refractivity contribution in [1.29, 1.82) is 0 Å². The van der Waals surface area contributed by atoms with Crippen LogP contribution in [0.4, 0.5) is 0 Å². The molecule has 0 aromatic rings. The van der Waals surface area contributed by atoms with Gasteiger partial charge in [-0.15, -0.1) is 0 Å². The van der Waals surface area contributed by atoms with Crippen LogP contribution in [0.1, 0.15) is 26.2 Å². The predicted octanol–water partition coefficient (Wildman–Crippen LogP) is 2.42. The maximum absolute atomic E-state index is 11.1. The van der Waals surface area contributed by atoms with Crippen LogP contribution in [-0.2, 0) is 9.53 Å². The lowest BCUT2D eigenvalue weighted by atomic mass is 10.1. The van der Waals surface area contributed by atoms with Gasteiger partial charge < -0.3 is 4.74 Å². The van der Waals surface area contributed by atoms with E-state index in [1.165, 1.54) is 0 Å². The third-order valence-electron chi connectivity index (χ3n) is 1.80. The molecule has 1 aliphatic carbocycles. The predicted molar refractivity (Wildman–Crippen MR) is 51.3 cm³/mol. The molecule has 3 heteroatoms. The monoisotopic (exact) mass is 232 g/mol. The normalized spacial score (nSPS) is 25.0. The zero-order valence-electron chi connectivity index (χ0n) is 7.13. The Hall–Kier alpha value is -0.310. The number of carbonyl (C=O) groups is 1. The molecule has 0 spiro atoms. The molecule has 1 aliphatic rings. The number of esters is 1. The Labute approximate surface area is 81.1 Å². The molecule has 68 valence electrons. The van der Waals surface area contributed by atoms with Gasteiger partial charge in [0.25, 0.3) is 0 Å². The number of allylic oxidation sites excluding steroid dienone is 1. The second-order valence-electron chi connectivity index (χ2n) is 2.95. The lowest BCUT2D eigenvalue weighted by Gasteiger charge is -2.17.